The van der Waals surface area contributed by atoms with E-state index in [1.807, 2.05) is 13.8 Å². The van der Waals surface area contributed by atoms with Crippen LogP contribution >= 0.6 is 11.6 Å². The lowest BCUT2D eigenvalue weighted by molar-refractivity contribution is 0.337. The molecule has 2 aromatic rings. The van der Waals surface area contributed by atoms with Gasteiger partial charge in [-0.1, -0.05) is 42.7 Å². The Morgan fingerprint density at radius 3 is 2.90 bits per heavy atom. The molecule has 108 valence electrons. The molecule has 2 rings (SSSR count). The average molecular weight is 298 g/mol. The first-order valence-electron chi connectivity index (χ1n) is 6.53. The van der Waals surface area contributed by atoms with E-state index < -0.39 is 5.82 Å². The van der Waals surface area contributed by atoms with E-state index >= 15 is 0 Å². The smallest absolute Gasteiger partial charge is 0.231 e. The van der Waals surface area contributed by atoms with Gasteiger partial charge in [-0.25, -0.2) is 4.39 Å². The molecule has 1 aromatic carbocycles. The highest BCUT2D eigenvalue weighted by atomic mass is 35.5. The van der Waals surface area contributed by atoms with Crippen molar-refractivity contribution in [3.63, 3.8) is 0 Å². The molecular formula is C14H17ClFN3O. The first-order valence-corrected chi connectivity index (χ1v) is 6.91. The summed E-state index contributed by atoms with van der Waals surface area (Å²) in [5.41, 5.74) is 6.39. The molecule has 0 radical (unpaired) electrons. The zero-order chi connectivity index (χ0) is 14.7. The number of benzene rings is 1. The Morgan fingerprint density at radius 2 is 2.20 bits per heavy atom. The molecule has 0 aliphatic heterocycles. The van der Waals surface area contributed by atoms with Gasteiger partial charge in [0.05, 0.1) is 10.9 Å². The Morgan fingerprint density at radius 1 is 1.45 bits per heavy atom. The van der Waals surface area contributed by atoms with Crippen molar-refractivity contribution < 1.29 is 8.91 Å². The zero-order valence-corrected chi connectivity index (χ0v) is 12.2. The molecule has 0 saturated heterocycles. The van der Waals surface area contributed by atoms with Gasteiger partial charge in [0, 0.05) is 12.5 Å². The third-order valence-electron chi connectivity index (χ3n) is 3.37. The van der Waals surface area contributed by atoms with Crippen LogP contribution in [0.3, 0.4) is 0 Å². The molecule has 1 heterocycles. The molecule has 1 aromatic heterocycles. The minimum absolute atomic E-state index is 0.0227. The van der Waals surface area contributed by atoms with Gasteiger partial charge < -0.3 is 10.3 Å². The highest BCUT2D eigenvalue weighted by Gasteiger charge is 2.20. The number of nitrogens with two attached hydrogens (primary N) is 1. The first-order chi connectivity index (χ1) is 9.52. The van der Waals surface area contributed by atoms with Crippen LogP contribution in [0, 0.1) is 5.82 Å². The van der Waals surface area contributed by atoms with Gasteiger partial charge in [0.25, 0.3) is 0 Å². The van der Waals surface area contributed by atoms with Gasteiger partial charge in [0.15, 0.2) is 5.82 Å². The van der Waals surface area contributed by atoms with Gasteiger partial charge in [-0.05, 0) is 18.1 Å². The van der Waals surface area contributed by atoms with Crippen LogP contribution < -0.4 is 5.73 Å². The van der Waals surface area contributed by atoms with E-state index in [2.05, 4.69) is 10.1 Å². The Balaban J connectivity index is 2.15. The van der Waals surface area contributed by atoms with E-state index in [0.29, 0.717) is 17.3 Å². The maximum absolute atomic E-state index is 13.8. The van der Waals surface area contributed by atoms with Crippen LogP contribution in [0.1, 0.15) is 43.5 Å². The van der Waals surface area contributed by atoms with E-state index in [0.717, 1.165) is 6.42 Å². The van der Waals surface area contributed by atoms with Crippen LogP contribution in [0.25, 0.3) is 0 Å². The Hall–Kier alpha value is -1.46. The van der Waals surface area contributed by atoms with E-state index in [1.165, 1.54) is 6.07 Å². The van der Waals surface area contributed by atoms with E-state index in [4.69, 9.17) is 21.9 Å². The molecule has 2 atom stereocenters. The summed E-state index contributed by atoms with van der Waals surface area (Å²) in [4.78, 5) is 4.28. The van der Waals surface area contributed by atoms with Gasteiger partial charge in [-0.15, -0.1) is 0 Å². The lowest BCUT2D eigenvalue weighted by atomic mass is 10.0. The van der Waals surface area contributed by atoms with Crippen LogP contribution in [-0.4, -0.2) is 16.2 Å². The number of aromatic nitrogens is 2. The Bertz CT molecular complexity index is 588. The summed E-state index contributed by atoms with van der Waals surface area (Å²) in [6.45, 7) is 3.94. The largest absolute Gasteiger partial charge is 0.339 e. The van der Waals surface area contributed by atoms with Crippen LogP contribution in [0.5, 0.6) is 0 Å². The standard InChI is InChI=1S/C14H17ClFN3O/c1-3-11(17)8(2)14-18-12(19-20-14)7-9-5-4-6-10(15)13(9)16/h4-6,8,11H,3,7,17H2,1-2H3. The van der Waals surface area contributed by atoms with Crippen molar-refractivity contribution in [1.29, 1.82) is 0 Å². The molecule has 2 N–H and O–H groups in total. The third kappa shape index (κ3) is 3.16. The molecule has 0 amide bonds. The van der Waals surface area contributed by atoms with Crippen LogP contribution in [0.4, 0.5) is 4.39 Å². The second-order valence-electron chi connectivity index (χ2n) is 4.80. The number of hydrogen-bond acceptors (Lipinski definition) is 4. The fraction of sp³-hybridized carbons (Fsp3) is 0.429. The summed E-state index contributed by atoms with van der Waals surface area (Å²) >= 11 is 5.74. The molecule has 0 bridgehead atoms. The van der Waals surface area contributed by atoms with Crippen molar-refractivity contribution in [3.05, 3.63) is 46.3 Å². The van der Waals surface area contributed by atoms with Crippen molar-refractivity contribution in [2.75, 3.05) is 0 Å². The summed E-state index contributed by atoms with van der Waals surface area (Å²) in [6, 6.07) is 4.81. The predicted molar refractivity (Wildman–Crippen MR) is 75.2 cm³/mol. The first kappa shape index (κ1) is 14.9. The van der Waals surface area contributed by atoms with E-state index in [1.54, 1.807) is 12.1 Å². The Labute approximate surface area is 122 Å². The molecule has 6 heteroatoms. The number of hydrogen-bond donors (Lipinski definition) is 1. The maximum atomic E-state index is 13.8. The summed E-state index contributed by atoms with van der Waals surface area (Å²) < 4.78 is 19.0. The second kappa shape index (κ2) is 6.33. The summed E-state index contributed by atoms with van der Waals surface area (Å²) in [5.74, 6) is 0.442. The molecule has 0 fully saturated rings. The SMILES string of the molecule is CCC(N)C(C)c1nc(Cc2cccc(Cl)c2F)no1. The third-order valence-corrected chi connectivity index (χ3v) is 3.66. The van der Waals surface area contributed by atoms with E-state index in [9.17, 15) is 4.39 Å². The maximum Gasteiger partial charge on any atom is 0.231 e. The van der Waals surface area contributed by atoms with Crippen molar-refractivity contribution in [3.8, 4) is 0 Å². The van der Waals surface area contributed by atoms with Gasteiger partial charge in [-0.3, -0.25) is 0 Å². The quantitative estimate of drug-likeness (QED) is 0.919. The molecule has 2 unspecified atom stereocenters. The number of rotatable bonds is 5. The average Bonchev–Trinajstić information content (AvgIpc) is 2.90. The summed E-state index contributed by atoms with van der Waals surface area (Å²) in [7, 11) is 0. The monoisotopic (exact) mass is 297 g/mol. The lowest BCUT2D eigenvalue weighted by Gasteiger charge is -2.13. The highest BCUT2D eigenvalue weighted by Crippen LogP contribution is 2.21. The minimum Gasteiger partial charge on any atom is -0.339 e. The summed E-state index contributed by atoms with van der Waals surface area (Å²) in [6.07, 6.45) is 1.06. The van der Waals surface area contributed by atoms with Gasteiger partial charge >= 0.3 is 0 Å². The molecule has 0 saturated carbocycles. The molecule has 0 aliphatic rings. The normalized spacial score (nSPS) is 14.2. The molecule has 0 aliphatic carbocycles. The number of nitrogens with zero attached hydrogens (tertiary/aromatic N) is 2. The predicted octanol–water partition coefficient (Wildman–Crippen LogP) is 3.29. The van der Waals surface area contributed by atoms with Gasteiger partial charge in [0.1, 0.15) is 5.82 Å². The molecule has 4 nitrogen and oxygen atoms in total. The summed E-state index contributed by atoms with van der Waals surface area (Å²) in [5, 5.41) is 3.96. The minimum atomic E-state index is -0.446. The lowest BCUT2D eigenvalue weighted by Crippen LogP contribution is -2.25. The van der Waals surface area contributed by atoms with E-state index in [-0.39, 0.29) is 23.4 Å². The zero-order valence-electron chi connectivity index (χ0n) is 11.4. The van der Waals surface area contributed by atoms with Crippen molar-refractivity contribution in [1.82, 2.24) is 10.1 Å². The van der Waals surface area contributed by atoms with Gasteiger partial charge in [0.2, 0.25) is 5.89 Å². The second-order valence-corrected chi connectivity index (χ2v) is 5.21. The van der Waals surface area contributed by atoms with Crippen molar-refractivity contribution in [2.24, 2.45) is 5.73 Å². The van der Waals surface area contributed by atoms with Gasteiger partial charge in [-0.2, -0.15) is 4.98 Å². The topological polar surface area (TPSA) is 64.9 Å². The van der Waals surface area contributed by atoms with Crippen LogP contribution in [0.15, 0.2) is 22.7 Å². The molecule has 20 heavy (non-hydrogen) atoms. The highest BCUT2D eigenvalue weighted by molar-refractivity contribution is 6.30. The van der Waals surface area contributed by atoms with Crippen molar-refractivity contribution in [2.45, 2.75) is 38.6 Å². The number of halogens is 2. The fourth-order valence-electron chi connectivity index (χ4n) is 1.92. The van der Waals surface area contributed by atoms with Crippen molar-refractivity contribution >= 4 is 11.6 Å². The molecule has 0 spiro atoms. The van der Waals surface area contributed by atoms with Crippen LogP contribution in [0.2, 0.25) is 5.02 Å². The molecular weight excluding hydrogens is 281 g/mol. The fourth-order valence-corrected chi connectivity index (χ4v) is 2.11. The van der Waals surface area contributed by atoms with Crippen LogP contribution in [-0.2, 0) is 6.42 Å². The Kier molecular flexibility index (Phi) is 4.73.